The van der Waals surface area contributed by atoms with Gasteiger partial charge in [0, 0.05) is 5.69 Å². The van der Waals surface area contributed by atoms with Gasteiger partial charge in [-0.1, -0.05) is 36.7 Å². The number of nitrogens with one attached hydrogen (secondary N) is 1. The van der Waals surface area contributed by atoms with Crippen LogP contribution in [0.5, 0.6) is 5.75 Å². The molecule has 2 amide bonds. The van der Waals surface area contributed by atoms with Crippen molar-refractivity contribution in [2.45, 2.75) is 27.2 Å². The Labute approximate surface area is 202 Å². The third kappa shape index (κ3) is 4.72. The average molecular weight is 475 g/mol. The monoisotopic (exact) mass is 474 g/mol. The number of ether oxygens (including phenoxy) is 1. The van der Waals surface area contributed by atoms with Crippen molar-refractivity contribution >= 4 is 40.8 Å². The van der Waals surface area contributed by atoms with Crippen LogP contribution in [0.1, 0.15) is 34.0 Å². The summed E-state index contributed by atoms with van der Waals surface area (Å²) in [5, 5.41) is 2.72. The fraction of sp³-hybridized carbons (Fsp3) is 0.148. The van der Waals surface area contributed by atoms with Crippen molar-refractivity contribution in [3.63, 3.8) is 0 Å². The molecule has 6 nitrogen and oxygen atoms in total. The summed E-state index contributed by atoms with van der Waals surface area (Å²) in [4.78, 5) is 39.3. The molecule has 0 saturated carbocycles. The maximum atomic E-state index is 13.0. The largest absolute Gasteiger partial charge is 0.423 e. The first kappa shape index (κ1) is 23.3. The quantitative estimate of drug-likeness (QED) is 0.289. The van der Waals surface area contributed by atoms with Gasteiger partial charge in [0.1, 0.15) is 16.5 Å². The molecule has 1 heterocycles. The predicted octanol–water partition coefficient (Wildman–Crippen LogP) is 5.52. The van der Waals surface area contributed by atoms with E-state index in [1.54, 1.807) is 42.5 Å². The molecule has 0 radical (unpaired) electrons. The van der Waals surface area contributed by atoms with Crippen LogP contribution in [0.4, 0.5) is 11.4 Å². The molecule has 3 aromatic carbocycles. The Morgan fingerprint density at radius 1 is 0.941 bits per heavy atom. The van der Waals surface area contributed by atoms with Crippen LogP contribution in [-0.4, -0.2) is 17.8 Å². The molecular formula is C27H23ClN2O4. The van der Waals surface area contributed by atoms with Crippen molar-refractivity contribution in [2.75, 3.05) is 10.2 Å². The molecule has 34 heavy (non-hydrogen) atoms. The van der Waals surface area contributed by atoms with E-state index in [0.717, 1.165) is 28.0 Å². The molecule has 0 aliphatic carbocycles. The number of esters is 1. The molecular weight excluding hydrogens is 452 g/mol. The third-order valence-corrected chi connectivity index (χ3v) is 5.75. The van der Waals surface area contributed by atoms with Gasteiger partial charge in [-0.05, 0) is 85.5 Å². The number of rotatable bonds is 6. The fourth-order valence-corrected chi connectivity index (χ4v) is 3.97. The summed E-state index contributed by atoms with van der Waals surface area (Å²) in [6, 6.07) is 19.2. The number of aryl methyl sites for hydroxylation is 3. The number of amides is 2. The van der Waals surface area contributed by atoms with E-state index in [1.165, 1.54) is 0 Å². The zero-order chi connectivity index (χ0) is 24.4. The van der Waals surface area contributed by atoms with Crippen LogP contribution in [0.25, 0.3) is 0 Å². The Hall–Kier alpha value is -3.90. The van der Waals surface area contributed by atoms with Crippen molar-refractivity contribution in [3.8, 4) is 5.75 Å². The molecule has 7 heteroatoms. The Kier molecular flexibility index (Phi) is 6.52. The summed E-state index contributed by atoms with van der Waals surface area (Å²) in [5.74, 6) is -1.15. The number of hydrogen-bond acceptors (Lipinski definition) is 5. The highest BCUT2D eigenvalue weighted by Crippen LogP contribution is 2.31. The molecule has 0 atom stereocenters. The van der Waals surface area contributed by atoms with Gasteiger partial charge in [0.05, 0.1) is 11.3 Å². The number of carbonyl (C=O) groups excluding carboxylic acids is 3. The van der Waals surface area contributed by atoms with Gasteiger partial charge >= 0.3 is 5.97 Å². The van der Waals surface area contributed by atoms with Gasteiger partial charge in [-0.2, -0.15) is 0 Å². The summed E-state index contributed by atoms with van der Waals surface area (Å²) < 4.78 is 5.45. The summed E-state index contributed by atoms with van der Waals surface area (Å²) in [6.07, 6.45) is 0.840. The van der Waals surface area contributed by atoms with E-state index in [2.05, 4.69) is 5.32 Å². The van der Waals surface area contributed by atoms with Crippen LogP contribution in [0.15, 0.2) is 77.5 Å². The van der Waals surface area contributed by atoms with Gasteiger partial charge in [0.25, 0.3) is 11.8 Å². The lowest BCUT2D eigenvalue weighted by Crippen LogP contribution is -2.32. The number of halogens is 1. The number of hydrogen-bond donors (Lipinski definition) is 1. The minimum Gasteiger partial charge on any atom is -0.423 e. The molecule has 0 aromatic heterocycles. The molecule has 0 spiro atoms. The smallest absolute Gasteiger partial charge is 0.343 e. The standard InChI is InChI=1S/C27H23ClN2O4/c1-4-18-6-5-7-22(15-18)34-27(33)19-8-10-20(11-9-19)29-24-23(28)25(31)30(26(24)32)21-13-16(2)12-17(3)14-21/h5-15,29H,4H2,1-3H3. The van der Waals surface area contributed by atoms with Crippen LogP contribution in [0, 0.1) is 13.8 Å². The van der Waals surface area contributed by atoms with Crippen molar-refractivity contribution in [1.29, 1.82) is 0 Å². The van der Waals surface area contributed by atoms with Gasteiger partial charge in [-0.3, -0.25) is 9.59 Å². The molecule has 0 bridgehead atoms. The third-order valence-electron chi connectivity index (χ3n) is 5.40. The maximum absolute atomic E-state index is 13.0. The number of benzene rings is 3. The van der Waals surface area contributed by atoms with Crippen molar-refractivity contribution in [3.05, 3.63) is 99.7 Å². The molecule has 0 unspecified atom stereocenters. The second-order valence-electron chi connectivity index (χ2n) is 8.07. The zero-order valence-corrected chi connectivity index (χ0v) is 19.8. The topological polar surface area (TPSA) is 75.7 Å². The molecule has 1 aliphatic rings. The number of nitrogens with zero attached hydrogens (tertiary/aromatic N) is 1. The van der Waals surface area contributed by atoms with Gasteiger partial charge in [0.15, 0.2) is 0 Å². The lowest BCUT2D eigenvalue weighted by Gasteiger charge is -2.16. The lowest BCUT2D eigenvalue weighted by molar-refractivity contribution is -0.120. The summed E-state index contributed by atoms with van der Waals surface area (Å²) in [6.45, 7) is 5.81. The molecule has 1 aliphatic heterocycles. The van der Waals surface area contributed by atoms with E-state index in [0.29, 0.717) is 22.7 Å². The highest BCUT2D eigenvalue weighted by molar-refractivity contribution is 6.53. The predicted molar refractivity (Wildman–Crippen MR) is 132 cm³/mol. The van der Waals surface area contributed by atoms with Crippen LogP contribution in [0.3, 0.4) is 0 Å². The van der Waals surface area contributed by atoms with Gasteiger partial charge in [-0.15, -0.1) is 0 Å². The molecule has 1 N–H and O–H groups in total. The number of carbonyl (C=O) groups is 3. The van der Waals surface area contributed by atoms with E-state index >= 15 is 0 Å². The first-order valence-electron chi connectivity index (χ1n) is 10.8. The second kappa shape index (κ2) is 9.53. The molecule has 0 fully saturated rings. The highest BCUT2D eigenvalue weighted by atomic mass is 35.5. The maximum Gasteiger partial charge on any atom is 0.343 e. The van der Waals surface area contributed by atoms with E-state index in [4.69, 9.17) is 16.3 Å². The van der Waals surface area contributed by atoms with Crippen LogP contribution in [-0.2, 0) is 16.0 Å². The normalized spacial score (nSPS) is 13.5. The number of anilines is 2. The molecule has 4 rings (SSSR count). The zero-order valence-electron chi connectivity index (χ0n) is 19.0. The Morgan fingerprint density at radius 2 is 1.62 bits per heavy atom. The Morgan fingerprint density at radius 3 is 2.26 bits per heavy atom. The van der Waals surface area contributed by atoms with Gasteiger partial charge < -0.3 is 10.1 Å². The van der Waals surface area contributed by atoms with E-state index in [9.17, 15) is 14.4 Å². The van der Waals surface area contributed by atoms with E-state index in [1.807, 2.05) is 45.0 Å². The average Bonchev–Trinajstić information content (AvgIpc) is 3.02. The molecule has 3 aromatic rings. The first-order chi connectivity index (χ1) is 16.3. The van der Waals surface area contributed by atoms with Crippen molar-refractivity contribution in [1.82, 2.24) is 0 Å². The van der Waals surface area contributed by atoms with Crippen LogP contribution >= 0.6 is 11.6 Å². The summed E-state index contributed by atoms with van der Waals surface area (Å²) in [5.41, 5.74) is 4.22. The van der Waals surface area contributed by atoms with Crippen LogP contribution < -0.4 is 15.0 Å². The SMILES string of the molecule is CCc1cccc(OC(=O)c2ccc(NC3=C(Cl)C(=O)N(c4cc(C)cc(C)c4)C3=O)cc2)c1. The van der Waals surface area contributed by atoms with Gasteiger partial charge in [-0.25, -0.2) is 9.69 Å². The Bertz CT molecular complexity index is 1310. The molecule has 172 valence electrons. The number of imide groups is 1. The van der Waals surface area contributed by atoms with Crippen LogP contribution in [0.2, 0.25) is 0 Å². The fourth-order valence-electron chi connectivity index (χ4n) is 3.75. The Balaban J connectivity index is 1.49. The lowest BCUT2D eigenvalue weighted by atomic mass is 10.1. The second-order valence-corrected chi connectivity index (χ2v) is 8.45. The van der Waals surface area contributed by atoms with E-state index in [-0.39, 0.29) is 10.7 Å². The molecule has 0 saturated heterocycles. The summed E-state index contributed by atoms with van der Waals surface area (Å²) in [7, 11) is 0. The first-order valence-corrected chi connectivity index (χ1v) is 11.2. The minimum absolute atomic E-state index is 0.0162. The summed E-state index contributed by atoms with van der Waals surface area (Å²) >= 11 is 6.23. The van der Waals surface area contributed by atoms with Crippen molar-refractivity contribution < 1.29 is 19.1 Å². The van der Waals surface area contributed by atoms with Crippen molar-refractivity contribution in [2.24, 2.45) is 0 Å². The highest BCUT2D eigenvalue weighted by Gasteiger charge is 2.39. The van der Waals surface area contributed by atoms with E-state index < -0.39 is 17.8 Å². The van der Waals surface area contributed by atoms with Gasteiger partial charge in [0.2, 0.25) is 0 Å². The minimum atomic E-state index is -0.589.